The molecule has 4 aliphatic rings. The molecule has 7 nitrogen and oxygen atoms in total. The van der Waals surface area contributed by atoms with Crippen molar-refractivity contribution in [3.05, 3.63) is 23.9 Å². The Morgan fingerprint density at radius 3 is 2.52 bits per heavy atom. The number of nitrogens with zero attached hydrogens (tertiary/aromatic N) is 1. The molecule has 0 spiro atoms. The summed E-state index contributed by atoms with van der Waals surface area (Å²) in [4.78, 5) is 14.6. The third-order valence-corrected chi connectivity index (χ3v) is 5.86. The summed E-state index contributed by atoms with van der Waals surface area (Å²) in [6, 6.07) is 0. The molecule has 0 aromatic rings. The summed E-state index contributed by atoms with van der Waals surface area (Å²) in [6.07, 6.45) is 9.22. The topological polar surface area (TPSA) is 66.5 Å². The van der Waals surface area contributed by atoms with Gasteiger partial charge in [0.15, 0.2) is 18.2 Å². The van der Waals surface area contributed by atoms with Crippen LogP contribution in [0.3, 0.4) is 0 Å². The summed E-state index contributed by atoms with van der Waals surface area (Å²) >= 11 is 0. The number of hydrogen-bond donors (Lipinski definition) is 0. The maximum absolute atomic E-state index is 12.3. The van der Waals surface area contributed by atoms with Crippen molar-refractivity contribution in [2.45, 2.75) is 89.4 Å². The fourth-order valence-electron chi connectivity index (χ4n) is 4.50. The van der Waals surface area contributed by atoms with E-state index in [1.165, 1.54) is 0 Å². The fraction of sp³-hybridized carbons (Fsp3) is 0.773. The standard InChI is InChI=1S/C22H33NO6/c1-15-17(29-22(2,3)28-15)9-10-18-21(27-20-8-4-7-13-25-20)16(14-19(24)26-18)23-11-5-6-12-23/h9-10,14-15,17-18,20-21H,4-8,11-13H2,1-3H3/b10-9+/t15-,17-,18?,20?,21?/m0/s1. The number of cyclic esters (lactones) is 1. The van der Waals surface area contributed by atoms with Crippen LogP contribution in [0.1, 0.15) is 52.9 Å². The first-order chi connectivity index (χ1) is 13.9. The van der Waals surface area contributed by atoms with Crippen molar-refractivity contribution in [2.75, 3.05) is 19.7 Å². The van der Waals surface area contributed by atoms with Crippen LogP contribution in [0.25, 0.3) is 0 Å². The quantitative estimate of drug-likeness (QED) is 0.513. The van der Waals surface area contributed by atoms with Crippen LogP contribution in [0, 0.1) is 0 Å². The Hall–Kier alpha value is -1.41. The average Bonchev–Trinajstić information content (AvgIpc) is 3.29. The van der Waals surface area contributed by atoms with Crippen molar-refractivity contribution in [2.24, 2.45) is 0 Å². The molecule has 3 saturated heterocycles. The van der Waals surface area contributed by atoms with Gasteiger partial charge in [0.25, 0.3) is 0 Å². The van der Waals surface area contributed by atoms with Crippen LogP contribution in [0.5, 0.6) is 0 Å². The van der Waals surface area contributed by atoms with Crippen LogP contribution >= 0.6 is 0 Å². The maximum Gasteiger partial charge on any atom is 0.333 e. The number of carbonyl (C=O) groups excluding carboxylic acids is 1. The Labute approximate surface area is 172 Å². The highest BCUT2D eigenvalue weighted by atomic mass is 16.7. The molecule has 0 bridgehead atoms. The van der Waals surface area contributed by atoms with Gasteiger partial charge in [-0.25, -0.2) is 4.79 Å². The molecule has 0 aromatic heterocycles. The van der Waals surface area contributed by atoms with Gasteiger partial charge in [0.1, 0.15) is 12.2 Å². The zero-order valence-corrected chi connectivity index (χ0v) is 17.7. The Bertz CT molecular complexity index is 648. The van der Waals surface area contributed by atoms with Gasteiger partial charge in [-0.15, -0.1) is 0 Å². The molecule has 0 radical (unpaired) electrons. The van der Waals surface area contributed by atoms with E-state index in [1.54, 1.807) is 6.08 Å². The van der Waals surface area contributed by atoms with Crippen LogP contribution in [0.2, 0.25) is 0 Å². The predicted molar refractivity (Wildman–Crippen MR) is 106 cm³/mol. The largest absolute Gasteiger partial charge is 0.452 e. The molecule has 0 saturated carbocycles. The third-order valence-electron chi connectivity index (χ3n) is 5.86. The van der Waals surface area contributed by atoms with E-state index in [2.05, 4.69) is 4.90 Å². The van der Waals surface area contributed by atoms with Crippen LogP contribution < -0.4 is 0 Å². The van der Waals surface area contributed by atoms with Gasteiger partial charge in [0.05, 0.1) is 11.8 Å². The van der Waals surface area contributed by atoms with Crippen LogP contribution in [0.15, 0.2) is 23.9 Å². The lowest BCUT2D eigenvalue weighted by atomic mass is 10.0. The van der Waals surface area contributed by atoms with Crippen LogP contribution in [-0.4, -0.2) is 67.1 Å². The normalized spacial score (nSPS) is 37.8. The van der Waals surface area contributed by atoms with E-state index >= 15 is 0 Å². The highest BCUT2D eigenvalue weighted by molar-refractivity contribution is 5.84. The summed E-state index contributed by atoms with van der Waals surface area (Å²) in [7, 11) is 0. The number of rotatable bonds is 5. The van der Waals surface area contributed by atoms with E-state index in [4.69, 9.17) is 23.7 Å². The number of ether oxygens (including phenoxy) is 5. The number of hydrogen-bond acceptors (Lipinski definition) is 7. The molecule has 4 aliphatic heterocycles. The van der Waals surface area contributed by atoms with Gasteiger partial charge in [-0.05, 0) is 59.0 Å². The molecular formula is C22H33NO6. The monoisotopic (exact) mass is 407 g/mol. The zero-order chi connectivity index (χ0) is 20.4. The number of likely N-dealkylation sites (tertiary alicyclic amines) is 1. The lowest BCUT2D eigenvalue weighted by Crippen LogP contribution is -2.45. The van der Waals surface area contributed by atoms with Gasteiger partial charge in [-0.3, -0.25) is 0 Å². The van der Waals surface area contributed by atoms with Crippen LogP contribution in [-0.2, 0) is 28.5 Å². The molecule has 4 rings (SSSR count). The Morgan fingerprint density at radius 1 is 1.10 bits per heavy atom. The molecule has 0 amide bonds. The number of carbonyl (C=O) groups is 1. The summed E-state index contributed by atoms with van der Waals surface area (Å²) < 4.78 is 29.6. The minimum absolute atomic E-state index is 0.0739. The molecule has 0 N–H and O–H groups in total. The minimum Gasteiger partial charge on any atom is -0.452 e. The second kappa shape index (κ2) is 8.76. The average molecular weight is 408 g/mol. The first-order valence-corrected chi connectivity index (χ1v) is 10.9. The minimum atomic E-state index is -0.621. The molecule has 3 unspecified atom stereocenters. The SMILES string of the molecule is C[C@@H]1OC(C)(C)O[C@H]1/C=C/C1OC(=O)C=C(N2CCCC2)C1OC1CCCCO1. The Morgan fingerprint density at radius 2 is 1.86 bits per heavy atom. The highest BCUT2D eigenvalue weighted by Crippen LogP contribution is 2.32. The molecule has 3 fully saturated rings. The molecule has 0 aliphatic carbocycles. The van der Waals surface area contributed by atoms with Gasteiger partial charge >= 0.3 is 5.97 Å². The van der Waals surface area contributed by atoms with E-state index in [-0.39, 0.29) is 30.6 Å². The van der Waals surface area contributed by atoms with Crippen molar-refractivity contribution < 1.29 is 28.5 Å². The van der Waals surface area contributed by atoms with Crippen LogP contribution in [0.4, 0.5) is 0 Å². The molecule has 5 atom stereocenters. The summed E-state index contributed by atoms with van der Waals surface area (Å²) in [6.45, 7) is 8.37. The van der Waals surface area contributed by atoms with Crippen molar-refractivity contribution in [3.63, 3.8) is 0 Å². The lowest BCUT2D eigenvalue weighted by Gasteiger charge is -2.38. The molecule has 162 valence electrons. The molecular weight excluding hydrogens is 374 g/mol. The Balaban J connectivity index is 1.53. The predicted octanol–water partition coefficient (Wildman–Crippen LogP) is 2.90. The van der Waals surface area contributed by atoms with Crippen molar-refractivity contribution >= 4 is 5.97 Å². The van der Waals surface area contributed by atoms with E-state index in [0.29, 0.717) is 6.61 Å². The summed E-state index contributed by atoms with van der Waals surface area (Å²) in [5.41, 5.74) is 0.902. The highest BCUT2D eigenvalue weighted by Gasteiger charge is 2.40. The molecule has 7 heteroatoms. The van der Waals surface area contributed by atoms with Gasteiger partial charge < -0.3 is 28.6 Å². The van der Waals surface area contributed by atoms with Gasteiger partial charge in [-0.2, -0.15) is 0 Å². The summed E-state index contributed by atoms with van der Waals surface area (Å²) in [5.74, 6) is -0.952. The lowest BCUT2D eigenvalue weighted by molar-refractivity contribution is -0.205. The van der Waals surface area contributed by atoms with E-state index < -0.39 is 11.9 Å². The second-order valence-corrected chi connectivity index (χ2v) is 8.71. The number of esters is 1. The van der Waals surface area contributed by atoms with Crippen molar-refractivity contribution in [1.82, 2.24) is 4.90 Å². The molecule has 29 heavy (non-hydrogen) atoms. The Kier molecular flexibility index (Phi) is 6.30. The molecule has 0 aromatic carbocycles. The zero-order valence-electron chi connectivity index (χ0n) is 17.7. The van der Waals surface area contributed by atoms with E-state index in [9.17, 15) is 4.79 Å². The van der Waals surface area contributed by atoms with Gasteiger partial charge in [-0.1, -0.05) is 6.08 Å². The molecule has 4 heterocycles. The third kappa shape index (κ3) is 5.02. The van der Waals surface area contributed by atoms with E-state index in [1.807, 2.05) is 32.9 Å². The van der Waals surface area contributed by atoms with E-state index in [0.717, 1.165) is 50.9 Å². The van der Waals surface area contributed by atoms with Crippen molar-refractivity contribution in [3.8, 4) is 0 Å². The fourth-order valence-corrected chi connectivity index (χ4v) is 4.50. The van der Waals surface area contributed by atoms with Gasteiger partial charge in [0.2, 0.25) is 0 Å². The first kappa shape index (κ1) is 20.8. The van der Waals surface area contributed by atoms with Gasteiger partial charge in [0, 0.05) is 25.8 Å². The maximum atomic E-state index is 12.3. The second-order valence-electron chi connectivity index (χ2n) is 8.71. The van der Waals surface area contributed by atoms with Crippen molar-refractivity contribution in [1.29, 1.82) is 0 Å². The smallest absolute Gasteiger partial charge is 0.333 e. The first-order valence-electron chi connectivity index (χ1n) is 10.9. The summed E-state index contributed by atoms with van der Waals surface area (Å²) in [5, 5.41) is 0.